The molecule has 0 unspecified atom stereocenters. The molecule has 3 heteroatoms. The number of carbonyl (C=O) groups is 1. The van der Waals surface area contributed by atoms with Gasteiger partial charge in [-0.25, -0.2) is 0 Å². The van der Waals surface area contributed by atoms with Crippen molar-refractivity contribution in [3.05, 3.63) is 18.0 Å². The molecule has 0 radical (unpaired) electrons. The maximum Gasteiger partial charge on any atom is 0.153 e. The van der Waals surface area contributed by atoms with Gasteiger partial charge in [-0.2, -0.15) is 5.10 Å². The maximum absolute atomic E-state index is 10.3. The van der Waals surface area contributed by atoms with Crippen LogP contribution in [0.3, 0.4) is 0 Å². The molecule has 0 spiro atoms. The predicted octanol–water partition coefficient (Wildman–Crippen LogP) is 1.74. The van der Waals surface area contributed by atoms with E-state index in [0.717, 1.165) is 19.3 Å². The molecule has 12 heavy (non-hydrogen) atoms. The van der Waals surface area contributed by atoms with E-state index in [1.807, 2.05) is 4.68 Å². The molecule has 0 aliphatic heterocycles. The monoisotopic (exact) mass is 166 g/mol. The van der Waals surface area contributed by atoms with Crippen LogP contribution in [0.4, 0.5) is 0 Å². The maximum atomic E-state index is 10.3. The molecule has 0 aliphatic rings. The fourth-order valence-corrected chi connectivity index (χ4v) is 0.953. The zero-order valence-corrected chi connectivity index (χ0v) is 7.53. The topological polar surface area (TPSA) is 34.9 Å². The molecule has 1 rings (SSSR count). The van der Waals surface area contributed by atoms with E-state index >= 15 is 0 Å². The van der Waals surface area contributed by atoms with Crippen molar-refractivity contribution in [1.82, 2.24) is 9.78 Å². The Balaban J connectivity index is 2.47. The summed E-state index contributed by atoms with van der Waals surface area (Å²) in [6.45, 7) is 5.24. The van der Waals surface area contributed by atoms with Crippen molar-refractivity contribution in [3.8, 4) is 0 Å². The molecule has 0 saturated heterocycles. The standard InChI is InChI=1S/C9H14N2O/c1-8(2)3-4-11-6-9(7-12)5-10-11/h5-8H,3-4H2,1-2H3. The van der Waals surface area contributed by atoms with Crippen molar-refractivity contribution in [2.75, 3.05) is 0 Å². The van der Waals surface area contributed by atoms with Gasteiger partial charge in [0.05, 0.1) is 11.8 Å². The lowest BCUT2D eigenvalue weighted by molar-refractivity contribution is 0.112. The van der Waals surface area contributed by atoms with Gasteiger partial charge in [0.1, 0.15) is 0 Å². The van der Waals surface area contributed by atoms with Crippen LogP contribution in [0, 0.1) is 5.92 Å². The molecule has 0 atom stereocenters. The van der Waals surface area contributed by atoms with E-state index in [-0.39, 0.29) is 0 Å². The second-order valence-corrected chi connectivity index (χ2v) is 3.34. The fourth-order valence-electron chi connectivity index (χ4n) is 0.953. The van der Waals surface area contributed by atoms with Crippen LogP contribution in [-0.4, -0.2) is 16.1 Å². The lowest BCUT2D eigenvalue weighted by Gasteiger charge is -2.03. The van der Waals surface area contributed by atoms with Gasteiger partial charge in [-0.1, -0.05) is 13.8 Å². The summed E-state index contributed by atoms with van der Waals surface area (Å²) in [7, 11) is 0. The number of aldehydes is 1. The molecule has 0 amide bonds. The molecule has 0 aromatic carbocycles. The number of hydrogen-bond donors (Lipinski definition) is 0. The van der Waals surface area contributed by atoms with Gasteiger partial charge >= 0.3 is 0 Å². The minimum absolute atomic E-state index is 0.652. The Bertz CT molecular complexity index is 253. The van der Waals surface area contributed by atoms with Crippen LogP contribution in [0.25, 0.3) is 0 Å². The number of hydrogen-bond acceptors (Lipinski definition) is 2. The first-order valence-corrected chi connectivity index (χ1v) is 4.20. The summed E-state index contributed by atoms with van der Waals surface area (Å²) in [5.74, 6) is 0.675. The quantitative estimate of drug-likeness (QED) is 0.638. The minimum atomic E-state index is 0.652. The number of nitrogens with zero attached hydrogens (tertiary/aromatic N) is 2. The molecule has 0 bridgehead atoms. The number of aryl methyl sites for hydroxylation is 1. The lowest BCUT2D eigenvalue weighted by Crippen LogP contribution is -2.01. The van der Waals surface area contributed by atoms with Crippen molar-refractivity contribution in [1.29, 1.82) is 0 Å². The largest absolute Gasteiger partial charge is 0.298 e. The highest BCUT2D eigenvalue weighted by atomic mass is 16.1. The van der Waals surface area contributed by atoms with E-state index in [1.54, 1.807) is 12.4 Å². The van der Waals surface area contributed by atoms with Crippen LogP contribution < -0.4 is 0 Å². The summed E-state index contributed by atoms with van der Waals surface area (Å²) < 4.78 is 1.81. The van der Waals surface area contributed by atoms with Crippen molar-refractivity contribution in [3.63, 3.8) is 0 Å². The van der Waals surface area contributed by atoms with Crippen LogP contribution in [0.1, 0.15) is 30.6 Å². The Morgan fingerprint density at radius 1 is 1.67 bits per heavy atom. The summed E-state index contributed by atoms with van der Waals surface area (Å²) in [6, 6.07) is 0. The van der Waals surface area contributed by atoms with Gasteiger partial charge in [0, 0.05) is 12.7 Å². The fraction of sp³-hybridized carbons (Fsp3) is 0.556. The zero-order chi connectivity index (χ0) is 8.97. The molecule has 1 aromatic rings. The summed E-state index contributed by atoms with van der Waals surface area (Å²) >= 11 is 0. The van der Waals surface area contributed by atoms with Crippen molar-refractivity contribution in [2.45, 2.75) is 26.8 Å². The molecule has 1 heterocycles. The highest BCUT2D eigenvalue weighted by molar-refractivity contribution is 5.73. The molecular weight excluding hydrogens is 152 g/mol. The Hall–Kier alpha value is -1.12. The normalized spacial score (nSPS) is 10.6. The first-order valence-electron chi connectivity index (χ1n) is 4.20. The lowest BCUT2D eigenvalue weighted by atomic mass is 10.1. The molecular formula is C9H14N2O. The Morgan fingerprint density at radius 2 is 2.42 bits per heavy atom. The average Bonchev–Trinajstić information content (AvgIpc) is 2.48. The van der Waals surface area contributed by atoms with Gasteiger partial charge in [-0.05, 0) is 12.3 Å². The summed E-state index contributed by atoms with van der Waals surface area (Å²) in [6.07, 6.45) is 5.28. The molecule has 0 N–H and O–H groups in total. The van der Waals surface area contributed by atoms with Crippen LogP contribution in [0.5, 0.6) is 0 Å². The van der Waals surface area contributed by atoms with Gasteiger partial charge in [0.2, 0.25) is 0 Å². The third-order valence-corrected chi connectivity index (χ3v) is 1.72. The highest BCUT2D eigenvalue weighted by Crippen LogP contribution is 2.02. The van der Waals surface area contributed by atoms with Gasteiger partial charge in [-0.3, -0.25) is 9.48 Å². The zero-order valence-electron chi connectivity index (χ0n) is 7.53. The van der Waals surface area contributed by atoms with Crippen molar-refractivity contribution < 1.29 is 4.79 Å². The average molecular weight is 166 g/mol. The van der Waals surface area contributed by atoms with Gasteiger partial charge < -0.3 is 0 Å². The minimum Gasteiger partial charge on any atom is -0.298 e. The third-order valence-electron chi connectivity index (χ3n) is 1.72. The smallest absolute Gasteiger partial charge is 0.153 e. The van der Waals surface area contributed by atoms with Crippen molar-refractivity contribution >= 4 is 6.29 Å². The van der Waals surface area contributed by atoms with Gasteiger partial charge in [0.25, 0.3) is 0 Å². The summed E-state index contributed by atoms with van der Waals surface area (Å²) in [4.78, 5) is 10.3. The van der Waals surface area contributed by atoms with Crippen LogP contribution in [0.2, 0.25) is 0 Å². The number of carbonyl (C=O) groups excluding carboxylic acids is 1. The van der Waals surface area contributed by atoms with Gasteiger partial charge in [-0.15, -0.1) is 0 Å². The summed E-state index contributed by atoms with van der Waals surface area (Å²) in [5.41, 5.74) is 0.652. The van der Waals surface area contributed by atoms with E-state index < -0.39 is 0 Å². The Morgan fingerprint density at radius 3 is 2.92 bits per heavy atom. The first-order chi connectivity index (χ1) is 5.72. The van der Waals surface area contributed by atoms with E-state index in [2.05, 4.69) is 18.9 Å². The second kappa shape index (κ2) is 4.04. The van der Waals surface area contributed by atoms with E-state index in [1.165, 1.54) is 0 Å². The molecule has 1 aromatic heterocycles. The second-order valence-electron chi connectivity index (χ2n) is 3.34. The van der Waals surface area contributed by atoms with Crippen LogP contribution >= 0.6 is 0 Å². The van der Waals surface area contributed by atoms with Crippen LogP contribution in [0.15, 0.2) is 12.4 Å². The molecule has 0 saturated carbocycles. The SMILES string of the molecule is CC(C)CCn1cc(C=O)cn1. The number of aromatic nitrogens is 2. The number of rotatable bonds is 4. The van der Waals surface area contributed by atoms with E-state index in [0.29, 0.717) is 11.5 Å². The van der Waals surface area contributed by atoms with Crippen molar-refractivity contribution in [2.24, 2.45) is 5.92 Å². The van der Waals surface area contributed by atoms with Crippen LogP contribution in [-0.2, 0) is 6.54 Å². The first kappa shape index (κ1) is 8.97. The third kappa shape index (κ3) is 2.49. The molecule has 3 nitrogen and oxygen atoms in total. The van der Waals surface area contributed by atoms with E-state index in [4.69, 9.17) is 0 Å². The van der Waals surface area contributed by atoms with E-state index in [9.17, 15) is 4.79 Å². The molecule has 66 valence electrons. The molecule has 0 fully saturated rings. The Kier molecular flexibility index (Phi) is 3.02. The van der Waals surface area contributed by atoms with Gasteiger partial charge in [0.15, 0.2) is 6.29 Å². The Labute approximate surface area is 72.4 Å². The highest BCUT2D eigenvalue weighted by Gasteiger charge is 1.98. The summed E-state index contributed by atoms with van der Waals surface area (Å²) in [5, 5.41) is 4.04. The molecule has 0 aliphatic carbocycles. The predicted molar refractivity (Wildman–Crippen MR) is 47.1 cm³/mol.